The molecule has 34 heavy (non-hydrogen) atoms. The highest BCUT2D eigenvalue weighted by atomic mass is 19.4. The number of rotatable bonds is 5. The fraction of sp³-hybridized carbons (Fsp3) is 0.208. The molecular weight excluding hydrogens is 462 g/mol. The monoisotopic (exact) mass is 478 g/mol. The SMILES string of the molecule is O=C(C[C@@H](c1ccc(C(F)(F)F)cc1)c1ncccc1C(F)(F)F)c1ccc2c(c1)C(=O)NC2. The van der Waals surface area contributed by atoms with Crippen LogP contribution in [0.1, 0.15) is 61.0 Å². The summed E-state index contributed by atoms with van der Waals surface area (Å²) in [5.74, 6) is -2.21. The van der Waals surface area contributed by atoms with Crippen LogP contribution in [-0.4, -0.2) is 16.7 Å². The topological polar surface area (TPSA) is 59.1 Å². The third-order valence-corrected chi connectivity index (χ3v) is 5.62. The lowest BCUT2D eigenvalue weighted by Gasteiger charge is -2.21. The number of alkyl halides is 6. The number of hydrogen-bond acceptors (Lipinski definition) is 3. The average Bonchev–Trinajstić information content (AvgIpc) is 3.16. The molecule has 0 saturated heterocycles. The number of fused-ring (bicyclic) bond motifs is 1. The molecule has 0 bridgehead atoms. The summed E-state index contributed by atoms with van der Waals surface area (Å²) < 4.78 is 80.0. The predicted molar refractivity (Wildman–Crippen MR) is 109 cm³/mol. The van der Waals surface area contributed by atoms with Gasteiger partial charge in [0.15, 0.2) is 5.78 Å². The van der Waals surface area contributed by atoms with Gasteiger partial charge in [-0.25, -0.2) is 0 Å². The Morgan fingerprint density at radius 2 is 1.68 bits per heavy atom. The lowest BCUT2D eigenvalue weighted by Crippen LogP contribution is -2.18. The smallest absolute Gasteiger partial charge is 0.348 e. The molecule has 1 amide bonds. The Kier molecular flexibility index (Phi) is 5.93. The Labute approximate surface area is 189 Å². The molecule has 0 saturated carbocycles. The van der Waals surface area contributed by atoms with Crippen molar-refractivity contribution in [1.82, 2.24) is 10.3 Å². The van der Waals surface area contributed by atoms with Crippen LogP contribution in [-0.2, 0) is 18.9 Å². The number of Topliss-reactive ketones (excluding diaryl/α,β-unsaturated/α-hetero) is 1. The van der Waals surface area contributed by atoms with Crippen LogP contribution in [0.3, 0.4) is 0 Å². The minimum absolute atomic E-state index is 0.0736. The van der Waals surface area contributed by atoms with E-state index in [4.69, 9.17) is 0 Å². The summed E-state index contributed by atoms with van der Waals surface area (Å²) in [6.45, 7) is 0.305. The molecule has 1 atom stereocenters. The summed E-state index contributed by atoms with van der Waals surface area (Å²) in [5.41, 5.74) is -1.36. The summed E-state index contributed by atoms with van der Waals surface area (Å²) in [7, 11) is 0. The van der Waals surface area contributed by atoms with E-state index in [1.54, 1.807) is 6.07 Å². The third-order valence-electron chi connectivity index (χ3n) is 5.62. The van der Waals surface area contributed by atoms with Gasteiger partial charge in [0.25, 0.3) is 5.91 Å². The van der Waals surface area contributed by atoms with Gasteiger partial charge in [-0.3, -0.25) is 14.6 Å². The van der Waals surface area contributed by atoms with Gasteiger partial charge >= 0.3 is 12.4 Å². The molecule has 1 aromatic heterocycles. The van der Waals surface area contributed by atoms with E-state index in [-0.39, 0.29) is 17.0 Å². The summed E-state index contributed by atoms with van der Waals surface area (Å²) >= 11 is 0. The van der Waals surface area contributed by atoms with Gasteiger partial charge in [-0.05, 0) is 41.5 Å². The van der Waals surface area contributed by atoms with E-state index in [1.165, 1.54) is 12.1 Å². The van der Waals surface area contributed by atoms with E-state index in [2.05, 4.69) is 10.3 Å². The Bertz CT molecular complexity index is 1250. The molecule has 0 fully saturated rings. The van der Waals surface area contributed by atoms with Crippen LogP contribution in [0.5, 0.6) is 0 Å². The zero-order chi connectivity index (χ0) is 24.7. The van der Waals surface area contributed by atoms with E-state index < -0.39 is 47.3 Å². The van der Waals surface area contributed by atoms with Gasteiger partial charge in [0.05, 0.1) is 16.8 Å². The van der Waals surface area contributed by atoms with Crippen molar-refractivity contribution < 1.29 is 35.9 Å². The van der Waals surface area contributed by atoms with Crippen LogP contribution in [0, 0.1) is 0 Å². The second-order valence-corrected chi connectivity index (χ2v) is 7.79. The lowest BCUT2D eigenvalue weighted by atomic mass is 9.85. The van der Waals surface area contributed by atoms with E-state index in [9.17, 15) is 35.9 Å². The fourth-order valence-corrected chi connectivity index (χ4v) is 3.90. The number of nitrogens with one attached hydrogen (secondary N) is 1. The number of pyridine rings is 1. The first-order valence-corrected chi connectivity index (χ1v) is 10.1. The minimum Gasteiger partial charge on any atom is -0.348 e. The van der Waals surface area contributed by atoms with Crippen molar-refractivity contribution >= 4 is 11.7 Å². The predicted octanol–water partition coefficient (Wildman–Crippen LogP) is 5.77. The molecule has 0 aliphatic carbocycles. The molecule has 4 nitrogen and oxygen atoms in total. The number of ketones is 1. The van der Waals surface area contributed by atoms with Crippen molar-refractivity contribution in [2.75, 3.05) is 0 Å². The van der Waals surface area contributed by atoms with Crippen LogP contribution >= 0.6 is 0 Å². The van der Waals surface area contributed by atoms with Gasteiger partial charge < -0.3 is 5.32 Å². The van der Waals surface area contributed by atoms with Gasteiger partial charge in [0, 0.05) is 36.2 Å². The Balaban J connectivity index is 1.76. The van der Waals surface area contributed by atoms with Crippen LogP contribution in [0.2, 0.25) is 0 Å². The molecule has 4 rings (SSSR count). The van der Waals surface area contributed by atoms with E-state index in [0.29, 0.717) is 17.7 Å². The van der Waals surface area contributed by atoms with Gasteiger partial charge in [-0.2, -0.15) is 26.3 Å². The summed E-state index contributed by atoms with van der Waals surface area (Å²) in [5, 5.41) is 2.61. The van der Waals surface area contributed by atoms with Crippen LogP contribution in [0.25, 0.3) is 0 Å². The summed E-state index contributed by atoms with van der Waals surface area (Å²) in [6, 6.07) is 9.92. The molecular formula is C24H16F6N2O2. The zero-order valence-corrected chi connectivity index (χ0v) is 17.3. The first kappa shape index (κ1) is 23.5. The third kappa shape index (κ3) is 4.66. The molecule has 3 aromatic rings. The number of nitrogens with zero attached hydrogens (tertiary/aromatic N) is 1. The normalized spacial score (nSPS) is 14.5. The van der Waals surface area contributed by atoms with Crippen molar-refractivity contribution in [3.63, 3.8) is 0 Å². The standard InChI is InChI=1S/C24H16F6N2O2/c25-23(26,27)16-7-5-13(6-8-16)17(21-19(24(28,29)30)2-1-9-31-21)11-20(33)14-3-4-15-12-32-22(34)18(15)10-14/h1-10,17H,11-12H2,(H,32,34)/t17-/m0/s1. The van der Waals surface area contributed by atoms with Crippen molar-refractivity contribution in [3.8, 4) is 0 Å². The van der Waals surface area contributed by atoms with E-state index in [0.717, 1.165) is 42.6 Å². The molecule has 1 aliphatic rings. The fourth-order valence-electron chi connectivity index (χ4n) is 3.90. The van der Waals surface area contributed by atoms with E-state index in [1.807, 2.05) is 0 Å². The maximum absolute atomic E-state index is 13.7. The van der Waals surface area contributed by atoms with E-state index >= 15 is 0 Å². The second kappa shape index (κ2) is 8.58. The summed E-state index contributed by atoms with van der Waals surface area (Å²) in [4.78, 5) is 28.8. The highest BCUT2D eigenvalue weighted by Gasteiger charge is 2.37. The molecule has 1 N–H and O–H groups in total. The number of carbonyl (C=O) groups is 2. The molecule has 176 valence electrons. The highest BCUT2D eigenvalue weighted by Crippen LogP contribution is 2.39. The number of hydrogen-bond donors (Lipinski definition) is 1. The quantitative estimate of drug-likeness (QED) is 0.374. The zero-order valence-electron chi connectivity index (χ0n) is 17.3. The van der Waals surface area contributed by atoms with Crippen LogP contribution in [0.15, 0.2) is 60.8 Å². The Morgan fingerprint density at radius 3 is 2.32 bits per heavy atom. The van der Waals surface area contributed by atoms with Crippen molar-refractivity contribution in [2.45, 2.75) is 31.2 Å². The molecule has 10 heteroatoms. The summed E-state index contributed by atoms with van der Waals surface area (Å²) in [6.07, 6.45) is -8.78. The first-order chi connectivity index (χ1) is 15.9. The average molecular weight is 478 g/mol. The number of amides is 1. The molecule has 0 unspecified atom stereocenters. The van der Waals surface area contributed by atoms with Crippen molar-refractivity contribution in [2.24, 2.45) is 0 Å². The molecule has 1 aliphatic heterocycles. The molecule has 2 heterocycles. The Hall–Kier alpha value is -3.69. The van der Waals surface area contributed by atoms with Gasteiger partial charge in [-0.15, -0.1) is 0 Å². The molecule has 0 spiro atoms. The van der Waals surface area contributed by atoms with Crippen LogP contribution in [0.4, 0.5) is 26.3 Å². The number of carbonyl (C=O) groups excluding carboxylic acids is 2. The molecule has 0 radical (unpaired) electrons. The second-order valence-electron chi connectivity index (χ2n) is 7.79. The number of aromatic nitrogens is 1. The molecule has 2 aromatic carbocycles. The minimum atomic E-state index is -4.79. The van der Waals surface area contributed by atoms with Crippen molar-refractivity contribution in [1.29, 1.82) is 0 Å². The maximum Gasteiger partial charge on any atom is 0.418 e. The van der Waals surface area contributed by atoms with Gasteiger partial charge in [0.1, 0.15) is 0 Å². The number of halogens is 6. The maximum atomic E-state index is 13.7. The highest BCUT2D eigenvalue weighted by molar-refractivity contribution is 6.03. The van der Waals surface area contributed by atoms with Crippen LogP contribution < -0.4 is 5.32 Å². The largest absolute Gasteiger partial charge is 0.418 e. The Morgan fingerprint density at radius 1 is 0.971 bits per heavy atom. The first-order valence-electron chi connectivity index (χ1n) is 10.1. The van der Waals surface area contributed by atoms with Gasteiger partial charge in [-0.1, -0.05) is 24.3 Å². The lowest BCUT2D eigenvalue weighted by molar-refractivity contribution is -0.139. The van der Waals surface area contributed by atoms with Gasteiger partial charge in [0.2, 0.25) is 0 Å². The van der Waals surface area contributed by atoms with Crippen molar-refractivity contribution in [3.05, 3.63) is 99.9 Å². The number of benzene rings is 2.